The standard InChI is InChI=1S/C15H13F3N2O/c1-10-9-13(20(2)19-10)14(21)8-5-11-3-6-12(7-4-11)15(16,17)18/h3-9H,1-2H3/b8-5+. The van der Waals surface area contributed by atoms with E-state index in [1.54, 1.807) is 20.0 Å². The molecule has 21 heavy (non-hydrogen) atoms. The second-order valence-electron chi connectivity index (χ2n) is 4.61. The smallest absolute Gasteiger partial charge is 0.288 e. The van der Waals surface area contributed by atoms with Gasteiger partial charge < -0.3 is 0 Å². The Morgan fingerprint density at radius 3 is 2.33 bits per heavy atom. The molecule has 0 radical (unpaired) electrons. The second kappa shape index (κ2) is 5.55. The van der Waals surface area contributed by atoms with Gasteiger partial charge in [0, 0.05) is 7.05 Å². The summed E-state index contributed by atoms with van der Waals surface area (Å²) >= 11 is 0. The molecule has 0 fully saturated rings. The molecule has 1 aromatic carbocycles. The molecular formula is C15H13F3N2O. The summed E-state index contributed by atoms with van der Waals surface area (Å²) in [6, 6.07) is 6.26. The van der Waals surface area contributed by atoms with Crippen LogP contribution < -0.4 is 0 Å². The second-order valence-corrected chi connectivity index (χ2v) is 4.61. The Hall–Kier alpha value is -2.37. The van der Waals surface area contributed by atoms with Gasteiger partial charge in [-0.3, -0.25) is 9.48 Å². The number of benzene rings is 1. The van der Waals surface area contributed by atoms with Crippen molar-refractivity contribution < 1.29 is 18.0 Å². The van der Waals surface area contributed by atoms with Gasteiger partial charge in [-0.15, -0.1) is 0 Å². The number of ketones is 1. The average molecular weight is 294 g/mol. The van der Waals surface area contributed by atoms with Crippen molar-refractivity contribution in [1.29, 1.82) is 0 Å². The molecular weight excluding hydrogens is 281 g/mol. The van der Waals surface area contributed by atoms with E-state index in [1.807, 2.05) is 0 Å². The molecule has 0 saturated carbocycles. The van der Waals surface area contributed by atoms with Crippen molar-refractivity contribution in [3.8, 4) is 0 Å². The van der Waals surface area contributed by atoms with Crippen molar-refractivity contribution in [3.05, 3.63) is 58.9 Å². The zero-order valence-electron chi connectivity index (χ0n) is 11.5. The highest BCUT2D eigenvalue weighted by Gasteiger charge is 2.29. The normalized spacial score (nSPS) is 12.0. The number of hydrogen-bond donors (Lipinski definition) is 0. The monoisotopic (exact) mass is 294 g/mol. The SMILES string of the molecule is Cc1cc(C(=O)/C=C/c2ccc(C(F)(F)F)cc2)n(C)n1. The van der Waals surface area contributed by atoms with Gasteiger partial charge in [0.25, 0.3) is 0 Å². The number of allylic oxidation sites excluding steroid dienone is 1. The quantitative estimate of drug-likeness (QED) is 0.640. The fourth-order valence-electron chi connectivity index (χ4n) is 1.88. The van der Waals surface area contributed by atoms with Crippen LogP contribution in [0.2, 0.25) is 0 Å². The third-order valence-electron chi connectivity index (χ3n) is 2.92. The Balaban J connectivity index is 2.14. The van der Waals surface area contributed by atoms with Crippen LogP contribution in [-0.2, 0) is 13.2 Å². The lowest BCUT2D eigenvalue weighted by atomic mass is 10.1. The van der Waals surface area contributed by atoms with Crippen molar-refractivity contribution in [2.24, 2.45) is 7.05 Å². The third kappa shape index (κ3) is 3.59. The molecule has 0 amide bonds. The Bertz CT molecular complexity index is 682. The van der Waals surface area contributed by atoms with Crippen molar-refractivity contribution in [2.75, 3.05) is 0 Å². The molecule has 0 saturated heterocycles. The number of aryl methyl sites for hydroxylation is 2. The predicted molar refractivity (Wildman–Crippen MR) is 72.8 cm³/mol. The van der Waals surface area contributed by atoms with Gasteiger partial charge in [0.05, 0.1) is 11.3 Å². The van der Waals surface area contributed by atoms with Gasteiger partial charge in [0.15, 0.2) is 0 Å². The average Bonchev–Trinajstić information content (AvgIpc) is 2.74. The molecule has 0 atom stereocenters. The molecule has 0 aliphatic heterocycles. The van der Waals surface area contributed by atoms with E-state index in [0.29, 0.717) is 11.3 Å². The molecule has 0 N–H and O–H groups in total. The lowest BCUT2D eigenvalue weighted by Crippen LogP contribution is -2.04. The van der Waals surface area contributed by atoms with Gasteiger partial charge in [-0.2, -0.15) is 18.3 Å². The summed E-state index contributed by atoms with van der Waals surface area (Å²) in [5.41, 5.74) is 0.961. The lowest BCUT2D eigenvalue weighted by Gasteiger charge is -2.05. The number of aromatic nitrogens is 2. The molecule has 1 heterocycles. The molecule has 3 nitrogen and oxygen atoms in total. The first-order valence-electron chi connectivity index (χ1n) is 6.17. The van der Waals surface area contributed by atoms with E-state index < -0.39 is 11.7 Å². The molecule has 2 aromatic rings. The maximum atomic E-state index is 12.4. The molecule has 0 aliphatic carbocycles. The van der Waals surface area contributed by atoms with E-state index in [1.165, 1.54) is 29.0 Å². The van der Waals surface area contributed by atoms with Crippen molar-refractivity contribution in [1.82, 2.24) is 9.78 Å². The molecule has 1 aromatic heterocycles. The highest BCUT2D eigenvalue weighted by molar-refractivity contribution is 6.05. The minimum absolute atomic E-state index is 0.252. The first-order chi connectivity index (χ1) is 9.77. The molecule has 0 bridgehead atoms. The van der Waals surface area contributed by atoms with Crippen LogP contribution in [0.3, 0.4) is 0 Å². The van der Waals surface area contributed by atoms with Crippen LogP contribution in [0.25, 0.3) is 6.08 Å². The van der Waals surface area contributed by atoms with E-state index in [9.17, 15) is 18.0 Å². The summed E-state index contributed by atoms with van der Waals surface area (Å²) < 4.78 is 38.7. The highest BCUT2D eigenvalue weighted by atomic mass is 19.4. The number of hydrogen-bond acceptors (Lipinski definition) is 2. The van der Waals surface area contributed by atoms with E-state index in [2.05, 4.69) is 5.10 Å². The summed E-state index contributed by atoms with van der Waals surface area (Å²) in [6.07, 6.45) is -1.56. The largest absolute Gasteiger partial charge is 0.416 e. The molecule has 0 aliphatic rings. The first kappa shape index (κ1) is 15.0. The number of carbonyl (C=O) groups is 1. The van der Waals surface area contributed by atoms with Gasteiger partial charge in [0.1, 0.15) is 5.69 Å². The zero-order valence-corrected chi connectivity index (χ0v) is 11.5. The van der Waals surface area contributed by atoms with Crippen LogP contribution in [0.5, 0.6) is 0 Å². The van der Waals surface area contributed by atoms with Gasteiger partial charge in [-0.25, -0.2) is 0 Å². The van der Waals surface area contributed by atoms with Gasteiger partial charge in [-0.1, -0.05) is 18.2 Å². The van der Waals surface area contributed by atoms with Gasteiger partial charge in [-0.05, 0) is 36.8 Å². The van der Waals surface area contributed by atoms with E-state index in [-0.39, 0.29) is 5.78 Å². The summed E-state index contributed by atoms with van der Waals surface area (Å²) in [4.78, 5) is 12.0. The topological polar surface area (TPSA) is 34.9 Å². The van der Waals surface area contributed by atoms with Crippen molar-refractivity contribution in [2.45, 2.75) is 13.1 Å². The lowest BCUT2D eigenvalue weighted by molar-refractivity contribution is -0.137. The number of nitrogens with zero attached hydrogens (tertiary/aromatic N) is 2. The summed E-state index contributed by atoms with van der Waals surface area (Å²) in [7, 11) is 1.66. The van der Waals surface area contributed by atoms with Crippen molar-refractivity contribution in [3.63, 3.8) is 0 Å². The summed E-state index contributed by atoms with van der Waals surface area (Å²) in [5, 5.41) is 4.06. The molecule has 110 valence electrons. The van der Waals surface area contributed by atoms with Gasteiger partial charge >= 0.3 is 6.18 Å². The number of halogens is 3. The minimum Gasteiger partial charge on any atom is -0.288 e. The zero-order chi connectivity index (χ0) is 15.6. The van der Waals surface area contributed by atoms with Crippen LogP contribution in [-0.4, -0.2) is 15.6 Å². The Kier molecular flexibility index (Phi) is 3.97. The molecule has 2 rings (SSSR count). The molecule has 0 unspecified atom stereocenters. The van der Waals surface area contributed by atoms with Gasteiger partial charge in [0.2, 0.25) is 5.78 Å². The maximum absolute atomic E-state index is 12.4. The fourth-order valence-corrected chi connectivity index (χ4v) is 1.88. The summed E-state index contributed by atoms with van der Waals surface area (Å²) in [5.74, 6) is -0.252. The van der Waals surface area contributed by atoms with Crippen LogP contribution in [0, 0.1) is 6.92 Å². The van der Waals surface area contributed by atoms with Crippen molar-refractivity contribution >= 4 is 11.9 Å². The van der Waals surface area contributed by atoms with Crippen LogP contribution in [0.4, 0.5) is 13.2 Å². The maximum Gasteiger partial charge on any atom is 0.416 e. The van der Waals surface area contributed by atoms with Crippen LogP contribution in [0.15, 0.2) is 36.4 Å². The fraction of sp³-hybridized carbons (Fsp3) is 0.200. The predicted octanol–water partition coefficient (Wildman–Crippen LogP) is 3.64. The number of carbonyl (C=O) groups excluding carboxylic acids is 1. The number of rotatable bonds is 3. The van der Waals surface area contributed by atoms with E-state index in [0.717, 1.165) is 17.8 Å². The van der Waals surface area contributed by atoms with Crippen LogP contribution >= 0.6 is 0 Å². The van der Waals surface area contributed by atoms with E-state index in [4.69, 9.17) is 0 Å². The minimum atomic E-state index is -4.36. The highest BCUT2D eigenvalue weighted by Crippen LogP contribution is 2.29. The van der Waals surface area contributed by atoms with Crippen LogP contribution in [0.1, 0.15) is 27.3 Å². The Labute approximate surface area is 119 Å². The summed E-state index contributed by atoms with van der Waals surface area (Å²) in [6.45, 7) is 1.77. The first-order valence-corrected chi connectivity index (χ1v) is 6.17. The molecule has 6 heteroatoms. The van der Waals surface area contributed by atoms with E-state index >= 15 is 0 Å². The Morgan fingerprint density at radius 1 is 1.24 bits per heavy atom. The third-order valence-corrected chi connectivity index (χ3v) is 2.92. The number of alkyl halides is 3. The molecule has 0 spiro atoms. The Morgan fingerprint density at radius 2 is 1.86 bits per heavy atom.